The number of rotatable bonds is 0. The van der Waals surface area contributed by atoms with E-state index in [9.17, 15) is 0 Å². The number of aryl methyl sites for hydroxylation is 1. The summed E-state index contributed by atoms with van der Waals surface area (Å²) in [7, 11) is 0. The minimum absolute atomic E-state index is 0. The first-order valence-electron chi connectivity index (χ1n) is 3.26. The van der Waals surface area contributed by atoms with E-state index in [0.717, 1.165) is 11.0 Å². The van der Waals surface area contributed by atoms with Crippen molar-refractivity contribution in [2.75, 3.05) is 0 Å². The van der Waals surface area contributed by atoms with Gasteiger partial charge in [-0.25, -0.2) is 0 Å². The molecular weight excluding hydrogens is 163 g/mol. The van der Waals surface area contributed by atoms with Crippen molar-refractivity contribution in [3.05, 3.63) is 30.1 Å². The van der Waals surface area contributed by atoms with Crippen molar-refractivity contribution in [1.29, 1.82) is 0 Å². The summed E-state index contributed by atoms with van der Waals surface area (Å²) in [6.45, 7) is 2.05. The molecule has 11 heavy (non-hydrogen) atoms. The van der Waals surface area contributed by atoms with Gasteiger partial charge in [0.15, 0.2) is 0 Å². The molecule has 1 N–H and O–H groups in total. The molecule has 2 nitrogen and oxygen atoms in total. The maximum Gasteiger partial charge on any atom is 1.00 e. The Morgan fingerprint density at radius 1 is 1.55 bits per heavy atom. The summed E-state index contributed by atoms with van der Waals surface area (Å²) < 4.78 is 0. The third-order valence-electron chi connectivity index (χ3n) is 1.63. The summed E-state index contributed by atoms with van der Waals surface area (Å²) in [4.78, 5) is 7.33. The predicted octanol–water partition coefficient (Wildman–Crippen LogP) is -1.01. The van der Waals surface area contributed by atoms with Crippen molar-refractivity contribution < 1.29 is 52.8 Å². The Morgan fingerprint density at radius 2 is 2.36 bits per heavy atom. The van der Waals surface area contributed by atoms with Crippen LogP contribution in [0.15, 0.2) is 24.5 Å². The van der Waals surface area contributed by atoms with E-state index < -0.39 is 0 Å². The summed E-state index contributed by atoms with van der Waals surface area (Å²) in [6, 6.07) is 3.95. The van der Waals surface area contributed by atoms with Crippen molar-refractivity contribution in [1.82, 2.24) is 9.97 Å². The maximum absolute atomic E-state index is 4.21. The number of aromatic nitrogens is 2. The molecule has 52 valence electrons. The molecule has 2 rings (SSSR count). The third kappa shape index (κ3) is 1.73. The number of fused-ring (bicyclic) bond motifs is 1. The van der Waals surface area contributed by atoms with Gasteiger partial charge in [-0.1, -0.05) is 0 Å². The fourth-order valence-electron chi connectivity index (χ4n) is 1.09. The van der Waals surface area contributed by atoms with Gasteiger partial charge in [-0.05, 0) is 24.6 Å². The second kappa shape index (κ2) is 3.82. The first kappa shape index (κ1) is 9.41. The van der Waals surface area contributed by atoms with Gasteiger partial charge in [0.05, 0.1) is 11.0 Å². The van der Waals surface area contributed by atoms with Crippen LogP contribution in [-0.4, -0.2) is 9.97 Å². The van der Waals surface area contributed by atoms with Gasteiger partial charge in [0.2, 0.25) is 0 Å². The number of aromatic amines is 1. The zero-order chi connectivity index (χ0) is 6.97. The molecule has 0 spiro atoms. The van der Waals surface area contributed by atoms with E-state index in [1.165, 1.54) is 5.56 Å². The van der Waals surface area contributed by atoms with Gasteiger partial charge in [0.25, 0.3) is 0 Å². The zero-order valence-electron chi connectivity index (χ0n) is 7.76. The van der Waals surface area contributed by atoms with Crippen LogP contribution in [0.1, 0.15) is 6.99 Å². The van der Waals surface area contributed by atoms with Crippen LogP contribution in [0, 0.1) is 6.92 Å². The normalized spacial score (nSPS) is 9.55. The van der Waals surface area contributed by atoms with E-state index in [2.05, 4.69) is 9.97 Å². The van der Waals surface area contributed by atoms with Gasteiger partial charge in [-0.3, -0.25) is 4.98 Å². The molecule has 0 aliphatic heterocycles. The van der Waals surface area contributed by atoms with Crippen molar-refractivity contribution in [3.8, 4) is 0 Å². The SMILES string of the molecule is Cc1c[nH]c2cccnc12.[H-].[K+]. The van der Waals surface area contributed by atoms with E-state index in [-0.39, 0.29) is 52.8 Å². The topological polar surface area (TPSA) is 28.7 Å². The monoisotopic (exact) mass is 172 g/mol. The average molecular weight is 172 g/mol. The van der Waals surface area contributed by atoms with E-state index in [1.807, 2.05) is 31.5 Å². The Balaban J connectivity index is 0.000000605. The Hall–Kier alpha value is 0.326. The molecule has 0 unspecified atom stereocenters. The number of nitrogens with zero attached hydrogens (tertiary/aromatic N) is 1. The van der Waals surface area contributed by atoms with Crippen LogP contribution in [0.5, 0.6) is 0 Å². The van der Waals surface area contributed by atoms with Crippen LogP contribution < -0.4 is 51.4 Å². The van der Waals surface area contributed by atoms with Crippen LogP contribution in [0.25, 0.3) is 11.0 Å². The Morgan fingerprint density at radius 3 is 3.09 bits per heavy atom. The summed E-state index contributed by atoms with van der Waals surface area (Å²) in [5, 5.41) is 0. The minimum atomic E-state index is 0. The molecule has 0 bridgehead atoms. The molecule has 0 atom stereocenters. The van der Waals surface area contributed by atoms with Gasteiger partial charge in [0.1, 0.15) is 0 Å². The van der Waals surface area contributed by atoms with Crippen LogP contribution in [0.2, 0.25) is 0 Å². The number of pyridine rings is 1. The predicted molar refractivity (Wildman–Crippen MR) is 41.9 cm³/mol. The van der Waals surface area contributed by atoms with Crippen molar-refractivity contribution in [2.45, 2.75) is 6.92 Å². The summed E-state index contributed by atoms with van der Waals surface area (Å²) >= 11 is 0. The van der Waals surface area contributed by atoms with Crippen LogP contribution >= 0.6 is 0 Å². The molecule has 0 radical (unpaired) electrons. The van der Waals surface area contributed by atoms with Gasteiger partial charge < -0.3 is 6.41 Å². The van der Waals surface area contributed by atoms with E-state index in [0.29, 0.717) is 0 Å². The quantitative estimate of drug-likeness (QED) is 0.507. The second-order valence-electron chi connectivity index (χ2n) is 2.37. The fraction of sp³-hybridized carbons (Fsp3) is 0.125. The Kier molecular flexibility index (Phi) is 3.27. The minimum Gasteiger partial charge on any atom is -1.00 e. The second-order valence-corrected chi connectivity index (χ2v) is 2.37. The average Bonchev–Trinajstić information content (AvgIpc) is 2.34. The van der Waals surface area contributed by atoms with Gasteiger partial charge >= 0.3 is 51.4 Å². The molecule has 0 aliphatic carbocycles. The Labute approximate surface area is 109 Å². The third-order valence-corrected chi connectivity index (χ3v) is 1.63. The van der Waals surface area contributed by atoms with Crippen molar-refractivity contribution in [2.24, 2.45) is 0 Å². The van der Waals surface area contributed by atoms with Crippen molar-refractivity contribution in [3.63, 3.8) is 0 Å². The Bertz CT molecular complexity index is 359. The fourth-order valence-corrected chi connectivity index (χ4v) is 1.09. The smallest absolute Gasteiger partial charge is 1.00 e. The molecule has 0 saturated heterocycles. The summed E-state index contributed by atoms with van der Waals surface area (Å²) in [5.74, 6) is 0. The van der Waals surface area contributed by atoms with E-state index in [1.54, 1.807) is 0 Å². The molecule has 0 fully saturated rings. The summed E-state index contributed by atoms with van der Waals surface area (Å²) in [5.41, 5.74) is 3.39. The first-order valence-corrected chi connectivity index (χ1v) is 3.26. The van der Waals surface area contributed by atoms with E-state index in [4.69, 9.17) is 0 Å². The van der Waals surface area contributed by atoms with Crippen LogP contribution in [0.3, 0.4) is 0 Å². The molecule has 0 saturated carbocycles. The van der Waals surface area contributed by atoms with Crippen LogP contribution in [0.4, 0.5) is 0 Å². The standard InChI is InChI=1S/C8H8N2.K.H/c1-6-5-10-7-3-2-4-9-8(6)7;;/h2-5,10H,1H3;;/q;+1;-1. The molecule has 2 aromatic heterocycles. The molecule has 2 aromatic rings. The first-order chi connectivity index (χ1) is 4.88. The molecular formula is C8H9KN2. The molecule has 0 aliphatic rings. The van der Waals surface area contributed by atoms with Gasteiger partial charge in [-0.15, -0.1) is 0 Å². The number of hydrogen-bond acceptors (Lipinski definition) is 1. The summed E-state index contributed by atoms with van der Waals surface area (Å²) in [6.07, 6.45) is 3.78. The van der Waals surface area contributed by atoms with Crippen LogP contribution in [-0.2, 0) is 0 Å². The molecule has 0 amide bonds. The maximum atomic E-state index is 4.21. The molecule has 3 heteroatoms. The van der Waals surface area contributed by atoms with Gasteiger partial charge in [0, 0.05) is 12.4 Å². The van der Waals surface area contributed by atoms with Crippen molar-refractivity contribution >= 4 is 11.0 Å². The molecule has 0 aromatic carbocycles. The molecule has 2 heterocycles. The largest absolute Gasteiger partial charge is 1.00 e. The van der Waals surface area contributed by atoms with E-state index >= 15 is 0 Å². The van der Waals surface area contributed by atoms with Gasteiger partial charge in [-0.2, -0.15) is 0 Å². The number of H-pyrrole nitrogens is 1. The number of hydrogen-bond donors (Lipinski definition) is 1. The number of nitrogens with one attached hydrogen (secondary N) is 1. The zero-order valence-corrected chi connectivity index (χ0v) is 9.88.